The van der Waals surface area contributed by atoms with E-state index in [-0.39, 0.29) is 12.2 Å². The minimum absolute atomic E-state index is 0.00634. The van der Waals surface area contributed by atoms with Crippen molar-refractivity contribution in [2.24, 2.45) is 0 Å². The van der Waals surface area contributed by atoms with Gasteiger partial charge in [0.05, 0.1) is 12.2 Å². The summed E-state index contributed by atoms with van der Waals surface area (Å²) < 4.78 is 12.9. The highest BCUT2D eigenvalue weighted by molar-refractivity contribution is 6.72. The van der Waals surface area contributed by atoms with Crippen LogP contribution in [-0.2, 0) is 8.85 Å². The molecule has 0 saturated heterocycles. The lowest BCUT2D eigenvalue weighted by atomic mass is 10.0. The number of rotatable bonds is 12. The lowest BCUT2D eigenvalue weighted by Gasteiger charge is -2.35. The molecule has 2 atom stereocenters. The summed E-state index contributed by atoms with van der Waals surface area (Å²) in [6.07, 6.45) is 4.70. The summed E-state index contributed by atoms with van der Waals surface area (Å²) in [6, 6.07) is 1.87. The van der Waals surface area contributed by atoms with Crippen LogP contribution in [0, 0.1) is 0 Å². The van der Waals surface area contributed by atoms with Crippen LogP contribution >= 0.6 is 0 Å². The molecule has 0 spiro atoms. The van der Waals surface area contributed by atoms with Gasteiger partial charge < -0.3 is 8.85 Å². The molecule has 0 aromatic carbocycles. The maximum Gasteiger partial charge on any atom is 0.191 e. The fourth-order valence-corrected chi connectivity index (χ4v) is 6.17. The van der Waals surface area contributed by atoms with Crippen molar-refractivity contribution in [3.63, 3.8) is 0 Å². The van der Waals surface area contributed by atoms with Gasteiger partial charge in [-0.3, -0.25) is 0 Å². The summed E-state index contributed by atoms with van der Waals surface area (Å²) >= 11 is 0. The van der Waals surface area contributed by atoms with E-state index in [0.29, 0.717) is 0 Å². The van der Waals surface area contributed by atoms with Crippen molar-refractivity contribution >= 4 is 16.6 Å². The first-order valence-corrected chi connectivity index (χ1v) is 14.6. The molecule has 0 amide bonds. The van der Waals surface area contributed by atoms with Crippen molar-refractivity contribution in [1.82, 2.24) is 0 Å². The van der Waals surface area contributed by atoms with Crippen molar-refractivity contribution in [2.45, 2.75) is 70.8 Å². The van der Waals surface area contributed by atoms with E-state index in [0.717, 1.165) is 29.7 Å². The van der Waals surface area contributed by atoms with Crippen LogP contribution in [-0.4, -0.2) is 28.8 Å². The second-order valence-electron chi connectivity index (χ2n) is 7.65. The van der Waals surface area contributed by atoms with Gasteiger partial charge in [0, 0.05) is 6.42 Å². The summed E-state index contributed by atoms with van der Waals surface area (Å²) in [4.78, 5) is 0. The Morgan fingerprint density at radius 3 is 1.35 bits per heavy atom. The van der Waals surface area contributed by atoms with Gasteiger partial charge in [0.15, 0.2) is 16.6 Å². The molecule has 0 aliphatic rings. The van der Waals surface area contributed by atoms with Gasteiger partial charge in [0.2, 0.25) is 0 Å². The van der Waals surface area contributed by atoms with Crippen LogP contribution in [0.1, 0.15) is 20.3 Å². The molecule has 0 radical (unpaired) electrons. The molecule has 0 saturated carbocycles. The maximum absolute atomic E-state index is 6.44. The second-order valence-corrected chi connectivity index (χ2v) is 16.0. The van der Waals surface area contributed by atoms with Crippen LogP contribution in [0.15, 0.2) is 49.6 Å². The number of allylic oxidation sites excluding steroid dienone is 2. The van der Waals surface area contributed by atoms with Crippen LogP contribution < -0.4 is 0 Å². The molecule has 0 rings (SSSR count). The monoisotopic (exact) mass is 352 g/mol. The molecule has 132 valence electrons. The third kappa shape index (κ3) is 9.25. The molecule has 0 N–H and O–H groups in total. The van der Waals surface area contributed by atoms with Crippen LogP contribution in [0.25, 0.3) is 0 Å². The van der Waals surface area contributed by atoms with Crippen molar-refractivity contribution in [1.29, 1.82) is 0 Å². The normalized spacial score (nSPS) is 14.9. The smallest absolute Gasteiger partial charge is 0.191 e. The Labute approximate surface area is 146 Å². The first-order valence-electron chi connectivity index (χ1n) is 8.32. The van der Waals surface area contributed by atoms with Gasteiger partial charge in [-0.25, -0.2) is 0 Å². The summed E-state index contributed by atoms with van der Waals surface area (Å²) in [6.45, 7) is 28.9. The van der Waals surface area contributed by atoms with Crippen LogP contribution in [0.5, 0.6) is 0 Å². The highest BCUT2D eigenvalue weighted by Crippen LogP contribution is 2.26. The standard InChI is InChI=1S/C19H36O2Si2/c1-11-13-22(7,8)20-18(16(3)4)15-19(17(5)6)21-23(9,10)14-12-2/h11-12,18-19H,1-3,5,13-15H2,4,6-10H3/t18-,19+. The Bertz CT molecular complexity index is 399. The Kier molecular flexibility index (Phi) is 9.29. The van der Waals surface area contributed by atoms with Gasteiger partial charge in [-0.05, 0) is 52.1 Å². The summed E-state index contributed by atoms with van der Waals surface area (Å²) in [7, 11) is -3.55. The molecular formula is C19H36O2Si2. The molecule has 0 aromatic heterocycles. The fraction of sp³-hybridized carbons (Fsp3) is 0.579. The largest absolute Gasteiger partial charge is 0.410 e. The van der Waals surface area contributed by atoms with Gasteiger partial charge in [-0.2, -0.15) is 0 Å². The molecule has 4 heteroatoms. The third-order valence-corrected chi connectivity index (χ3v) is 8.11. The van der Waals surface area contributed by atoms with Gasteiger partial charge in [0.25, 0.3) is 0 Å². The van der Waals surface area contributed by atoms with Crippen molar-refractivity contribution in [3.8, 4) is 0 Å². The summed E-state index contributed by atoms with van der Waals surface area (Å²) in [5, 5.41) is 0. The molecule has 0 aliphatic heterocycles. The number of hydrogen-bond acceptors (Lipinski definition) is 2. The third-order valence-electron chi connectivity index (χ3n) is 3.72. The van der Waals surface area contributed by atoms with Crippen molar-refractivity contribution in [2.75, 3.05) is 0 Å². The fourth-order valence-electron chi connectivity index (χ4n) is 2.46. The van der Waals surface area contributed by atoms with E-state index in [9.17, 15) is 0 Å². The first kappa shape index (κ1) is 22.3. The molecule has 23 heavy (non-hydrogen) atoms. The zero-order chi connectivity index (χ0) is 18.3. The SMILES string of the molecule is C=CC[Si](C)(C)O[C@@H](C[C@@H](O[Si](C)(C)CC=C)C(=C)C)C(=C)C. The van der Waals surface area contributed by atoms with E-state index in [4.69, 9.17) is 8.85 Å². The first-order chi connectivity index (χ1) is 10.4. The minimum atomic E-state index is -1.77. The second kappa shape index (κ2) is 9.57. The summed E-state index contributed by atoms with van der Waals surface area (Å²) in [5.41, 5.74) is 2.10. The Hall–Kier alpha value is -0.686. The van der Waals surface area contributed by atoms with Gasteiger partial charge in [-0.1, -0.05) is 36.5 Å². The molecule has 0 fully saturated rings. The number of hydrogen-bond donors (Lipinski definition) is 0. The summed E-state index contributed by atoms with van der Waals surface area (Å²) in [5.74, 6) is 0. The van der Waals surface area contributed by atoms with E-state index in [1.807, 2.05) is 26.0 Å². The molecule has 2 nitrogen and oxygen atoms in total. The predicted octanol–water partition coefficient (Wildman–Crippen LogP) is 6.08. The van der Waals surface area contributed by atoms with E-state index in [1.54, 1.807) is 0 Å². The van der Waals surface area contributed by atoms with E-state index in [1.165, 1.54) is 0 Å². The van der Waals surface area contributed by atoms with E-state index in [2.05, 4.69) is 52.5 Å². The topological polar surface area (TPSA) is 18.5 Å². The lowest BCUT2D eigenvalue weighted by Crippen LogP contribution is -2.40. The minimum Gasteiger partial charge on any atom is -0.410 e. The van der Waals surface area contributed by atoms with Crippen molar-refractivity contribution in [3.05, 3.63) is 49.6 Å². The Morgan fingerprint density at radius 1 is 0.826 bits per heavy atom. The van der Waals surface area contributed by atoms with Crippen LogP contribution in [0.2, 0.25) is 38.3 Å². The average molecular weight is 353 g/mol. The molecule has 0 heterocycles. The van der Waals surface area contributed by atoms with Gasteiger partial charge in [0.1, 0.15) is 0 Å². The van der Waals surface area contributed by atoms with Gasteiger partial charge >= 0.3 is 0 Å². The zero-order valence-corrected chi connectivity index (χ0v) is 18.1. The van der Waals surface area contributed by atoms with E-state index >= 15 is 0 Å². The molecule has 0 aliphatic carbocycles. The Balaban J connectivity index is 5.11. The van der Waals surface area contributed by atoms with E-state index < -0.39 is 16.6 Å². The highest BCUT2D eigenvalue weighted by atomic mass is 28.4. The lowest BCUT2D eigenvalue weighted by molar-refractivity contribution is 0.139. The zero-order valence-electron chi connectivity index (χ0n) is 16.1. The molecule has 0 aromatic rings. The van der Waals surface area contributed by atoms with Crippen molar-refractivity contribution < 1.29 is 8.85 Å². The Morgan fingerprint density at radius 2 is 1.13 bits per heavy atom. The quantitative estimate of drug-likeness (QED) is 0.313. The van der Waals surface area contributed by atoms with Crippen LogP contribution in [0.4, 0.5) is 0 Å². The molecule has 0 bridgehead atoms. The average Bonchev–Trinajstić information content (AvgIpc) is 2.35. The maximum atomic E-state index is 6.44. The highest BCUT2D eigenvalue weighted by Gasteiger charge is 2.31. The van der Waals surface area contributed by atoms with Gasteiger partial charge in [-0.15, -0.1) is 13.2 Å². The van der Waals surface area contributed by atoms with Crippen LogP contribution in [0.3, 0.4) is 0 Å². The predicted molar refractivity (Wildman–Crippen MR) is 109 cm³/mol. The molecule has 0 unspecified atom stereocenters. The molecular weight excluding hydrogens is 316 g/mol.